The van der Waals surface area contributed by atoms with E-state index in [-0.39, 0.29) is 23.6 Å². The number of nitrogens with zero attached hydrogens (tertiary/aromatic N) is 1. The van der Waals surface area contributed by atoms with Gasteiger partial charge < -0.3 is 19.7 Å². The summed E-state index contributed by atoms with van der Waals surface area (Å²) in [6.07, 6.45) is 5.07. The highest BCUT2D eigenvalue weighted by Gasteiger charge is 2.28. The SMILES string of the molecule is COc1cc(CC2CC#CC(CCCC3=c4ccccc4=NC3)CCC(O)CC2OC(C)=O)ccc1O. The molecule has 6 nitrogen and oxygen atoms in total. The maximum Gasteiger partial charge on any atom is 0.302 e. The van der Waals surface area contributed by atoms with Crippen molar-refractivity contribution < 1.29 is 24.5 Å². The van der Waals surface area contributed by atoms with E-state index in [1.165, 1.54) is 24.8 Å². The van der Waals surface area contributed by atoms with E-state index in [1.54, 1.807) is 12.1 Å². The van der Waals surface area contributed by atoms with Gasteiger partial charge >= 0.3 is 5.97 Å². The largest absolute Gasteiger partial charge is 0.504 e. The fourth-order valence-corrected chi connectivity index (χ4v) is 5.39. The highest BCUT2D eigenvalue weighted by atomic mass is 16.5. The fourth-order valence-electron chi connectivity index (χ4n) is 5.39. The first kappa shape index (κ1) is 26.8. The summed E-state index contributed by atoms with van der Waals surface area (Å²) in [5, 5.41) is 23.2. The number of aliphatic hydroxyl groups excluding tert-OH is 1. The zero-order valence-electron chi connectivity index (χ0n) is 21.8. The molecule has 0 spiro atoms. The molecule has 0 bridgehead atoms. The Balaban J connectivity index is 1.46. The zero-order valence-corrected chi connectivity index (χ0v) is 21.8. The van der Waals surface area contributed by atoms with Crippen LogP contribution in [0.3, 0.4) is 0 Å². The van der Waals surface area contributed by atoms with Crippen LogP contribution in [0, 0.1) is 23.7 Å². The van der Waals surface area contributed by atoms with Gasteiger partial charge in [-0.2, -0.15) is 0 Å². The quantitative estimate of drug-likeness (QED) is 0.424. The number of carbonyl (C=O) groups excluding carboxylic acids is 1. The fraction of sp³-hybridized carbons (Fsp3) is 0.484. The standard InChI is InChI=1S/C31H37NO5/c1-21(33)37-30-19-26(34)15-13-22(8-6-10-25-20-32-28-12-4-3-11-27(25)28)7-5-9-24(30)17-23-14-16-29(35)31(18-23)36-2/h3-4,11-12,14,16,18,22,24,26,30,34-35H,6,8-10,13,15,17,19-20H2,1-2H3. The molecule has 2 aromatic rings. The molecule has 1 aliphatic heterocycles. The number of hydrogen-bond acceptors (Lipinski definition) is 6. The van der Waals surface area contributed by atoms with Gasteiger partial charge in [-0.25, -0.2) is 0 Å². The molecule has 1 heterocycles. The molecule has 0 saturated carbocycles. The second-order valence-electron chi connectivity index (χ2n) is 10.1. The van der Waals surface area contributed by atoms with Gasteiger partial charge in [-0.1, -0.05) is 30.2 Å². The van der Waals surface area contributed by atoms with Crippen LogP contribution in [0.5, 0.6) is 11.5 Å². The summed E-state index contributed by atoms with van der Waals surface area (Å²) in [7, 11) is 1.52. The number of aliphatic hydroxyl groups is 1. The summed E-state index contributed by atoms with van der Waals surface area (Å²) in [6, 6.07) is 13.6. The van der Waals surface area contributed by atoms with Crippen LogP contribution in [-0.2, 0) is 16.0 Å². The lowest BCUT2D eigenvalue weighted by Gasteiger charge is -2.29. The third kappa shape index (κ3) is 7.36. The number of rotatable bonds is 8. The first-order chi connectivity index (χ1) is 17.9. The number of para-hydroxylation sites is 1. The Morgan fingerprint density at radius 3 is 2.84 bits per heavy atom. The molecule has 37 heavy (non-hydrogen) atoms. The Morgan fingerprint density at radius 1 is 1.19 bits per heavy atom. The molecule has 0 fully saturated rings. The Labute approximate surface area is 219 Å². The molecular weight excluding hydrogens is 466 g/mol. The van der Waals surface area contributed by atoms with Crippen molar-refractivity contribution in [3.63, 3.8) is 0 Å². The number of fused-ring (bicyclic) bond motifs is 1. The molecule has 196 valence electrons. The van der Waals surface area contributed by atoms with Crippen molar-refractivity contribution >= 4 is 11.5 Å². The van der Waals surface area contributed by atoms with Crippen molar-refractivity contribution in [3.8, 4) is 23.3 Å². The maximum absolute atomic E-state index is 11.9. The number of benzene rings is 2. The van der Waals surface area contributed by atoms with Crippen molar-refractivity contribution in [3.05, 3.63) is 58.6 Å². The van der Waals surface area contributed by atoms with Crippen LogP contribution in [0.2, 0.25) is 0 Å². The first-order valence-corrected chi connectivity index (χ1v) is 13.2. The molecule has 0 aromatic heterocycles. The smallest absolute Gasteiger partial charge is 0.302 e. The first-order valence-electron chi connectivity index (χ1n) is 13.2. The average Bonchev–Trinajstić information content (AvgIpc) is 3.29. The van der Waals surface area contributed by atoms with E-state index >= 15 is 0 Å². The number of phenols is 1. The van der Waals surface area contributed by atoms with Crippen LogP contribution in [0.15, 0.2) is 47.5 Å². The number of ether oxygens (including phenoxy) is 2. The topological polar surface area (TPSA) is 88.4 Å². The zero-order chi connectivity index (χ0) is 26.2. The lowest BCUT2D eigenvalue weighted by atomic mass is 9.85. The summed E-state index contributed by atoms with van der Waals surface area (Å²) >= 11 is 0. The van der Waals surface area contributed by atoms with Crippen molar-refractivity contribution in [2.24, 2.45) is 16.8 Å². The van der Waals surface area contributed by atoms with Crippen LogP contribution in [0.4, 0.5) is 0 Å². The molecule has 1 aliphatic carbocycles. The van der Waals surface area contributed by atoms with Crippen molar-refractivity contribution in [2.45, 2.75) is 70.5 Å². The van der Waals surface area contributed by atoms with Crippen LogP contribution in [-0.4, -0.2) is 42.0 Å². The minimum absolute atomic E-state index is 0.0776. The van der Waals surface area contributed by atoms with Gasteiger partial charge in [0.15, 0.2) is 11.5 Å². The number of phenolic OH excluding ortho intramolecular Hbond substituents is 1. The van der Waals surface area contributed by atoms with Gasteiger partial charge in [0.05, 0.1) is 25.1 Å². The molecule has 4 atom stereocenters. The van der Waals surface area contributed by atoms with Crippen molar-refractivity contribution in [2.75, 3.05) is 13.7 Å². The average molecular weight is 504 g/mol. The van der Waals surface area contributed by atoms with Crippen LogP contribution in [0.25, 0.3) is 5.57 Å². The Morgan fingerprint density at radius 2 is 2.03 bits per heavy atom. The summed E-state index contributed by atoms with van der Waals surface area (Å²) in [6.45, 7) is 2.19. The third-order valence-electron chi connectivity index (χ3n) is 7.36. The van der Waals surface area contributed by atoms with Crippen LogP contribution < -0.4 is 15.3 Å². The van der Waals surface area contributed by atoms with E-state index < -0.39 is 12.2 Å². The van der Waals surface area contributed by atoms with Gasteiger partial charge in [0.25, 0.3) is 0 Å². The number of aromatic hydroxyl groups is 1. The minimum Gasteiger partial charge on any atom is -0.504 e. The van der Waals surface area contributed by atoms with E-state index in [0.29, 0.717) is 31.4 Å². The molecule has 2 aliphatic rings. The number of esters is 1. The van der Waals surface area contributed by atoms with Crippen molar-refractivity contribution in [1.82, 2.24) is 0 Å². The monoisotopic (exact) mass is 503 g/mol. The molecular formula is C31H37NO5. The van der Waals surface area contributed by atoms with E-state index in [4.69, 9.17) is 9.47 Å². The van der Waals surface area contributed by atoms with Gasteiger partial charge in [0.1, 0.15) is 6.10 Å². The second kappa shape index (κ2) is 12.8. The molecule has 0 radical (unpaired) electrons. The summed E-state index contributed by atoms with van der Waals surface area (Å²) in [4.78, 5) is 16.5. The number of carbonyl (C=O) groups is 1. The predicted octanol–water partition coefficient (Wildman–Crippen LogP) is 3.70. The van der Waals surface area contributed by atoms with E-state index in [0.717, 1.165) is 43.1 Å². The second-order valence-corrected chi connectivity index (χ2v) is 10.1. The Kier molecular flexibility index (Phi) is 9.24. The van der Waals surface area contributed by atoms with Crippen LogP contribution >= 0.6 is 0 Å². The molecule has 0 amide bonds. The van der Waals surface area contributed by atoms with Crippen molar-refractivity contribution in [1.29, 1.82) is 0 Å². The van der Waals surface area contributed by atoms with Crippen LogP contribution in [0.1, 0.15) is 57.4 Å². The number of hydrogen-bond donors (Lipinski definition) is 2. The van der Waals surface area contributed by atoms with Gasteiger partial charge in [-0.3, -0.25) is 9.79 Å². The predicted molar refractivity (Wildman–Crippen MR) is 142 cm³/mol. The van der Waals surface area contributed by atoms with Gasteiger partial charge in [0.2, 0.25) is 0 Å². The summed E-state index contributed by atoms with van der Waals surface area (Å²) in [5.74, 6) is 7.16. The normalized spacial score (nSPS) is 23.3. The molecule has 4 unspecified atom stereocenters. The van der Waals surface area contributed by atoms with Gasteiger partial charge in [-0.05, 0) is 67.9 Å². The molecule has 6 heteroatoms. The molecule has 4 rings (SSSR count). The highest BCUT2D eigenvalue weighted by molar-refractivity contribution is 5.66. The Hall–Kier alpha value is -3.30. The number of methoxy groups -OCH3 is 1. The van der Waals surface area contributed by atoms with E-state index in [9.17, 15) is 15.0 Å². The molecule has 2 N–H and O–H groups in total. The molecule has 0 saturated heterocycles. The lowest BCUT2D eigenvalue weighted by Crippen LogP contribution is -2.32. The van der Waals surface area contributed by atoms with Gasteiger partial charge in [0, 0.05) is 36.8 Å². The molecule has 2 aromatic carbocycles. The minimum atomic E-state index is -0.557. The third-order valence-corrected chi connectivity index (χ3v) is 7.36. The Bertz CT molecular complexity index is 1270. The van der Waals surface area contributed by atoms with E-state index in [2.05, 4.69) is 35.0 Å². The summed E-state index contributed by atoms with van der Waals surface area (Å²) < 4.78 is 10.9. The lowest BCUT2D eigenvalue weighted by molar-refractivity contribution is -0.150. The van der Waals surface area contributed by atoms with E-state index in [1.807, 2.05) is 12.1 Å². The highest BCUT2D eigenvalue weighted by Crippen LogP contribution is 2.31. The summed E-state index contributed by atoms with van der Waals surface area (Å²) in [5.41, 5.74) is 2.36. The van der Waals surface area contributed by atoms with Gasteiger partial charge in [-0.15, -0.1) is 5.92 Å². The maximum atomic E-state index is 11.9.